The molecule has 1 unspecified atom stereocenters. The van der Waals surface area contributed by atoms with Gasteiger partial charge in [-0.05, 0) is 5.89 Å². The molecule has 11 heavy (non-hydrogen) atoms. The summed E-state index contributed by atoms with van der Waals surface area (Å²) in [4.78, 5) is 23.3. The van der Waals surface area contributed by atoms with Crippen molar-refractivity contribution in [2.24, 2.45) is 5.89 Å². The molecular weight excluding hydrogens is 144 g/mol. The van der Waals surface area contributed by atoms with E-state index in [2.05, 4.69) is 0 Å². The van der Waals surface area contributed by atoms with E-state index in [1.807, 2.05) is 0 Å². The lowest BCUT2D eigenvalue weighted by molar-refractivity contribution is -0.134. The molecule has 0 aromatic carbocycles. The summed E-state index contributed by atoms with van der Waals surface area (Å²) in [5.74, 6) is -7.03. The second-order valence-corrected chi connectivity index (χ2v) is 1.78. The van der Waals surface area contributed by atoms with E-state index in [9.17, 15) is 9.59 Å². The average Bonchev–Trinajstić information content (AvgIpc) is 2.21. The van der Waals surface area contributed by atoms with E-state index in [4.69, 9.17) is 13.7 Å². The number of nitrogens with one attached hydrogen (secondary N) is 2. The van der Waals surface area contributed by atoms with E-state index >= 15 is 0 Å². The van der Waals surface area contributed by atoms with Crippen molar-refractivity contribution in [3.8, 4) is 0 Å². The van der Waals surface area contributed by atoms with Crippen LogP contribution in [0.3, 0.4) is 0 Å². The van der Waals surface area contributed by atoms with Gasteiger partial charge < -0.3 is 10.6 Å². The molecule has 0 aromatic rings. The molecule has 0 spiro atoms. The topological polar surface area (TPSA) is 58.2 Å². The van der Waals surface area contributed by atoms with E-state index in [-0.39, 0.29) is 0 Å². The van der Waals surface area contributed by atoms with E-state index in [1.165, 1.54) is 10.6 Å². The third-order valence-electron chi connectivity index (χ3n) is 1.01. The van der Waals surface area contributed by atoms with E-state index in [0.29, 0.717) is 0 Å². The van der Waals surface area contributed by atoms with Crippen molar-refractivity contribution in [3.63, 3.8) is 0 Å². The molecular formula is C7H12N2O2. The van der Waals surface area contributed by atoms with Crippen molar-refractivity contribution in [1.29, 1.82) is 0 Å². The van der Waals surface area contributed by atoms with Gasteiger partial charge in [0.15, 0.2) is 0 Å². The zero-order valence-electron chi connectivity index (χ0n) is 15.3. The lowest BCUT2D eigenvalue weighted by atomic mass is 10.0. The Labute approximate surface area is 79.4 Å². The van der Waals surface area contributed by atoms with Crippen molar-refractivity contribution < 1.29 is 23.3 Å². The summed E-state index contributed by atoms with van der Waals surface area (Å²) in [6, 6.07) is -3.41. The highest BCUT2D eigenvalue weighted by Crippen LogP contribution is 2.03. The first-order chi connectivity index (χ1) is 9.01. The largest absolute Gasteiger partial charge is 0.345 e. The molecule has 1 heterocycles. The van der Waals surface area contributed by atoms with Crippen LogP contribution < -0.4 is 10.6 Å². The quantitative estimate of drug-likeness (QED) is 0.539. The molecule has 4 heteroatoms. The van der Waals surface area contributed by atoms with Crippen LogP contribution >= 0.6 is 0 Å². The minimum Gasteiger partial charge on any atom is -0.345 e. The third kappa shape index (κ3) is 1.69. The van der Waals surface area contributed by atoms with Crippen LogP contribution in [-0.4, -0.2) is 24.3 Å². The number of amides is 2. The maximum absolute atomic E-state index is 11.8. The van der Waals surface area contributed by atoms with Crippen molar-refractivity contribution in [1.82, 2.24) is 10.6 Å². The molecule has 0 aromatic heterocycles. The van der Waals surface area contributed by atoms with Crippen molar-refractivity contribution in [2.45, 2.75) is 19.7 Å². The van der Waals surface area contributed by atoms with E-state index in [0.717, 1.165) is 0 Å². The van der Waals surface area contributed by atoms with Gasteiger partial charge in [0.2, 0.25) is 11.8 Å². The summed E-state index contributed by atoms with van der Waals surface area (Å²) >= 11 is 0. The zero-order chi connectivity index (χ0) is 17.1. The fraction of sp³-hybridized carbons (Fsp3) is 0.714. The number of hydrogen-bond donors (Lipinski definition) is 2. The van der Waals surface area contributed by atoms with Crippen LogP contribution in [0.15, 0.2) is 0 Å². The molecule has 0 saturated carbocycles. The van der Waals surface area contributed by atoms with Crippen LogP contribution in [0.4, 0.5) is 0 Å². The van der Waals surface area contributed by atoms with E-state index < -0.39 is 43.9 Å². The second-order valence-electron chi connectivity index (χ2n) is 1.78. The number of rotatable bonds is 1. The summed E-state index contributed by atoms with van der Waals surface area (Å²) < 4.78 is 73.0. The zero-order valence-corrected chi connectivity index (χ0v) is 5.32. The fourth-order valence-electron chi connectivity index (χ4n) is 0.554. The predicted molar refractivity (Wildman–Crippen MR) is 39.8 cm³/mol. The molecule has 1 atom stereocenters. The summed E-state index contributed by atoms with van der Waals surface area (Å²) in [6.45, 7) is -10.2. The van der Waals surface area contributed by atoms with Gasteiger partial charge in [0.05, 0.1) is 10.6 Å². The Hall–Kier alpha value is -1.06. The Balaban J connectivity index is 3.52. The van der Waals surface area contributed by atoms with Gasteiger partial charge in [0.25, 0.3) is 0 Å². The number of hydrogen-bond acceptors (Lipinski definition) is 2. The smallest absolute Gasteiger partial charge is 0.243 e. The van der Waals surface area contributed by atoms with Crippen LogP contribution in [0.2, 0.25) is 0 Å². The number of piperazine rings is 1. The van der Waals surface area contributed by atoms with Gasteiger partial charge in [-0.1, -0.05) is 13.7 Å². The standard InChI is InChI=1S/C7H12N2O2/c1-4(2)6-7(11)8-3-5(10)9-6/h4,6H,3H2,1-2H3,(H,8,11)(H,9,10)/i1D3,2D3,3D2,4D,6D. The maximum Gasteiger partial charge on any atom is 0.243 e. The van der Waals surface area contributed by atoms with Crippen LogP contribution in [0, 0.1) is 5.89 Å². The Kier molecular flexibility index (Phi) is 0.527. The highest BCUT2D eigenvalue weighted by molar-refractivity contribution is 5.94. The first kappa shape index (κ1) is 2.00. The number of carbonyl (C=O) groups is 2. The first-order valence-corrected chi connectivity index (χ1v) is 2.66. The van der Waals surface area contributed by atoms with Gasteiger partial charge in [-0.25, -0.2) is 0 Å². The molecule has 4 nitrogen and oxygen atoms in total. The summed E-state index contributed by atoms with van der Waals surface area (Å²) in [6.07, 6.45) is 0. The first-order valence-electron chi connectivity index (χ1n) is 7.66. The molecule has 0 bridgehead atoms. The molecule has 62 valence electrons. The van der Waals surface area contributed by atoms with Crippen LogP contribution in [0.5, 0.6) is 0 Å². The molecule has 2 amide bonds. The molecule has 0 aliphatic carbocycles. The van der Waals surface area contributed by atoms with Crippen LogP contribution in [0.25, 0.3) is 0 Å². The van der Waals surface area contributed by atoms with Gasteiger partial charge in [0, 0.05) is 9.60 Å². The van der Waals surface area contributed by atoms with Crippen molar-refractivity contribution >= 4 is 11.8 Å². The SMILES string of the molecule is [2H]C1([2H])NC(=O)C([2H])(C([2H])(C([2H])([2H])[2H])C([2H])([2H])[2H])NC1=O. The van der Waals surface area contributed by atoms with Crippen molar-refractivity contribution in [2.75, 3.05) is 6.50 Å². The minimum atomic E-state index is -3.69. The lowest BCUT2D eigenvalue weighted by Gasteiger charge is -2.25. The Morgan fingerprint density at radius 2 is 2.64 bits per heavy atom. The summed E-state index contributed by atoms with van der Waals surface area (Å²) in [5, 5.41) is 2.84. The highest BCUT2D eigenvalue weighted by atomic mass is 16.2. The van der Waals surface area contributed by atoms with Crippen LogP contribution in [0.1, 0.15) is 27.4 Å². The van der Waals surface area contributed by atoms with Gasteiger partial charge in [0.1, 0.15) is 6.02 Å². The average molecular weight is 166 g/mol. The second kappa shape index (κ2) is 2.90. The molecule has 1 saturated heterocycles. The lowest BCUT2D eigenvalue weighted by Crippen LogP contribution is -2.58. The van der Waals surface area contributed by atoms with Gasteiger partial charge in [-0.15, -0.1) is 0 Å². The van der Waals surface area contributed by atoms with E-state index in [1.54, 1.807) is 0 Å². The highest BCUT2D eigenvalue weighted by Gasteiger charge is 2.27. The fourth-order valence-corrected chi connectivity index (χ4v) is 0.554. The Morgan fingerprint density at radius 1 is 1.91 bits per heavy atom. The monoisotopic (exact) mass is 166 g/mol. The van der Waals surface area contributed by atoms with Gasteiger partial charge >= 0.3 is 0 Å². The van der Waals surface area contributed by atoms with Gasteiger partial charge in [-0.2, -0.15) is 0 Å². The molecule has 1 aliphatic heterocycles. The predicted octanol–water partition coefficient (Wildman–Crippen LogP) is -0.743. The third-order valence-corrected chi connectivity index (χ3v) is 1.01. The molecule has 1 fully saturated rings. The maximum atomic E-state index is 11.8. The summed E-state index contributed by atoms with van der Waals surface area (Å²) in [7, 11) is 0. The Bertz CT molecular complexity index is 469. The number of carbonyl (C=O) groups excluding carboxylic acids is 2. The van der Waals surface area contributed by atoms with Crippen LogP contribution in [-0.2, 0) is 9.59 Å². The summed E-state index contributed by atoms with van der Waals surface area (Å²) in [5.41, 5.74) is 0. The van der Waals surface area contributed by atoms with Gasteiger partial charge in [-0.3, -0.25) is 9.59 Å². The Morgan fingerprint density at radius 3 is 3.27 bits per heavy atom. The normalized spacial score (nSPS) is 52.7. The minimum absolute atomic E-state index is 1.42. The molecule has 1 aliphatic rings. The molecule has 0 radical (unpaired) electrons. The van der Waals surface area contributed by atoms with Crippen molar-refractivity contribution in [3.05, 3.63) is 0 Å². The molecule has 2 N–H and O–H groups in total. The molecule has 1 rings (SSSR count).